The van der Waals surface area contributed by atoms with Gasteiger partial charge in [0.15, 0.2) is 0 Å². The Kier molecular flexibility index (Phi) is 3.06. The maximum atomic E-state index is 6.23. The molecule has 1 atom stereocenters. The number of hydrogen-bond acceptors (Lipinski definition) is 2. The van der Waals surface area contributed by atoms with Crippen LogP contribution in [-0.2, 0) is 0 Å². The second-order valence-electron chi connectivity index (χ2n) is 2.83. The number of nitrogens with zero attached hydrogens (tertiary/aromatic N) is 1. The topological polar surface area (TPSA) is 12.9 Å². The predicted octanol–water partition coefficient (Wildman–Crippen LogP) is 4.12. The molecule has 2 aromatic rings. The Morgan fingerprint density at radius 3 is 2.50 bits per heavy atom. The summed E-state index contributed by atoms with van der Waals surface area (Å²) in [7, 11) is 0. The molecule has 0 saturated carbocycles. The third kappa shape index (κ3) is 2.08. The van der Waals surface area contributed by atoms with Crippen molar-refractivity contribution in [2.24, 2.45) is 0 Å². The van der Waals surface area contributed by atoms with E-state index in [-0.39, 0.29) is 5.38 Å². The van der Waals surface area contributed by atoms with Gasteiger partial charge in [-0.3, -0.25) is 0 Å². The van der Waals surface area contributed by atoms with E-state index in [9.17, 15) is 0 Å². The highest BCUT2D eigenvalue weighted by molar-refractivity contribution is 7.07. The van der Waals surface area contributed by atoms with E-state index in [4.69, 9.17) is 23.2 Å². The highest BCUT2D eigenvalue weighted by Gasteiger charge is 2.11. The normalized spacial score (nSPS) is 12.7. The second kappa shape index (κ2) is 4.30. The number of thiazole rings is 1. The molecule has 0 N–H and O–H groups in total. The summed E-state index contributed by atoms with van der Waals surface area (Å²) in [6, 6.07) is 7.50. The smallest absolute Gasteiger partial charge is 0.101 e. The Hall–Kier alpha value is -0.570. The predicted molar refractivity (Wildman–Crippen MR) is 61.3 cm³/mol. The first kappa shape index (κ1) is 9.97. The monoisotopic (exact) mass is 243 g/mol. The first-order valence-electron chi connectivity index (χ1n) is 4.05. The number of benzene rings is 1. The van der Waals surface area contributed by atoms with Crippen molar-refractivity contribution in [2.45, 2.75) is 5.38 Å². The number of rotatable bonds is 2. The largest absolute Gasteiger partial charge is 0.248 e. The van der Waals surface area contributed by atoms with Crippen LogP contribution in [0.15, 0.2) is 35.2 Å². The van der Waals surface area contributed by atoms with Crippen molar-refractivity contribution in [2.75, 3.05) is 0 Å². The van der Waals surface area contributed by atoms with Crippen LogP contribution >= 0.6 is 34.5 Å². The van der Waals surface area contributed by atoms with E-state index in [0.29, 0.717) is 0 Å². The van der Waals surface area contributed by atoms with Crippen LogP contribution in [0.5, 0.6) is 0 Å². The Morgan fingerprint density at radius 2 is 1.93 bits per heavy atom. The molecule has 0 bridgehead atoms. The molecular formula is C10H7Cl2NS. The van der Waals surface area contributed by atoms with Gasteiger partial charge in [0.05, 0.1) is 11.2 Å². The summed E-state index contributed by atoms with van der Waals surface area (Å²) >= 11 is 13.6. The lowest BCUT2D eigenvalue weighted by molar-refractivity contribution is 1.07. The molecule has 4 heteroatoms. The zero-order valence-corrected chi connectivity index (χ0v) is 9.48. The van der Waals surface area contributed by atoms with Gasteiger partial charge < -0.3 is 0 Å². The van der Waals surface area contributed by atoms with Gasteiger partial charge in [-0.2, -0.15) is 0 Å². The van der Waals surface area contributed by atoms with Gasteiger partial charge in [-0.05, 0) is 17.7 Å². The molecule has 1 aromatic heterocycles. The van der Waals surface area contributed by atoms with Gasteiger partial charge in [0.25, 0.3) is 0 Å². The Bertz CT molecular complexity index is 397. The average Bonchev–Trinajstić information content (AvgIpc) is 2.71. The number of alkyl halides is 1. The van der Waals surface area contributed by atoms with Crippen LogP contribution in [0.4, 0.5) is 0 Å². The van der Waals surface area contributed by atoms with Crippen molar-refractivity contribution >= 4 is 34.5 Å². The van der Waals surface area contributed by atoms with Crippen LogP contribution in [-0.4, -0.2) is 4.98 Å². The van der Waals surface area contributed by atoms with Crippen molar-refractivity contribution in [3.05, 3.63) is 51.4 Å². The van der Waals surface area contributed by atoms with Crippen molar-refractivity contribution in [1.29, 1.82) is 0 Å². The molecule has 0 fully saturated rings. The van der Waals surface area contributed by atoms with E-state index in [1.807, 2.05) is 29.6 Å². The summed E-state index contributed by atoms with van der Waals surface area (Å²) in [4.78, 5) is 4.17. The van der Waals surface area contributed by atoms with Gasteiger partial charge in [-0.15, -0.1) is 22.9 Å². The van der Waals surface area contributed by atoms with Gasteiger partial charge in [-0.25, -0.2) is 4.98 Å². The highest BCUT2D eigenvalue weighted by atomic mass is 35.5. The van der Waals surface area contributed by atoms with Gasteiger partial charge in [-0.1, -0.05) is 23.7 Å². The minimum absolute atomic E-state index is 0.182. The third-order valence-corrected chi connectivity index (χ3v) is 3.21. The van der Waals surface area contributed by atoms with Crippen LogP contribution in [0.3, 0.4) is 0 Å². The Morgan fingerprint density at radius 1 is 1.21 bits per heavy atom. The molecule has 1 aromatic carbocycles. The van der Waals surface area contributed by atoms with Crippen LogP contribution in [0, 0.1) is 0 Å². The maximum Gasteiger partial charge on any atom is 0.101 e. The van der Waals surface area contributed by atoms with E-state index in [1.54, 1.807) is 16.8 Å². The minimum Gasteiger partial charge on any atom is -0.248 e. The molecule has 1 heterocycles. The summed E-state index contributed by atoms with van der Waals surface area (Å²) in [6.45, 7) is 0. The zero-order chi connectivity index (χ0) is 9.97. The van der Waals surface area contributed by atoms with Gasteiger partial charge in [0.2, 0.25) is 0 Å². The van der Waals surface area contributed by atoms with E-state index in [0.717, 1.165) is 16.3 Å². The standard InChI is InChI=1S/C10H7Cl2NS/c11-8-3-1-7(2-4-8)10(12)9-5-14-6-13-9/h1-6,10H. The fourth-order valence-corrected chi connectivity index (χ4v) is 2.19. The second-order valence-corrected chi connectivity index (χ2v) is 4.42. The molecule has 0 aliphatic rings. The molecule has 0 aliphatic carbocycles. The molecule has 1 unspecified atom stereocenters. The SMILES string of the molecule is Clc1ccc(C(Cl)c2cscn2)cc1. The lowest BCUT2D eigenvalue weighted by Gasteiger charge is -2.06. The third-order valence-electron chi connectivity index (χ3n) is 1.87. The van der Waals surface area contributed by atoms with Gasteiger partial charge in [0.1, 0.15) is 5.38 Å². The minimum atomic E-state index is -0.182. The van der Waals surface area contributed by atoms with E-state index >= 15 is 0 Å². The summed E-state index contributed by atoms with van der Waals surface area (Å²) in [5.41, 5.74) is 3.68. The first-order chi connectivity index (χ1) is 6.77. The average molecular weight is 244 g/mol. The number of aromatic nitrogens is 1. The van der Waals surface area contributed by atoms with Crippen LogP contribution in [0.1, 0.15) is 16.6 Å². The summed E-state index contributed by atoms with van der Waals surface area (Å²) in [5.74, 6) is 0. The quantitative estimate of drug-likeness (QED) is 0.724. The Balaban J connectivity index is 2.28. The van der Waals surface area contributed by atoms with Gasteiger partial charge >= 0.3 is 0 Å². The molecular weight excluding hydrogens is 237 g/mol. The maximum absolute atomic E-state index is 6.23. The molecule has 72 valence electrons. The molecule has 0 spiro atoms. The molecule has 0 saturated heterocycles. The van der Waals surface area contributed by atoms with E-state index in [1.165, 1.54) is 0 Å². The van der Waals surface area contributed by atoms with Crippen LogP contribution in [0.25, 0.3) is 0 Å². The van der Waals surface area contributed by atoms with Gasteiger partial charge in [0, 0.05) is 10.4 Å². The lowest BCUT2D eigenvalue weighted by atomic mass is 10.1. The van der Waals surface area contributed by atoms with Crippen molar-refractivity contribution in [3.8, 4) is 0 Å². The Labute approximate surface area is 96.3 Å². The van der Waals surface area contributed by atoms with Crippen LogP contribution in [0.2, 0.25) is 5.02 Å². The van der Waals surface area contributed by atoms with Crippen LogP contribution < -0.4 is 0 Å². The fourth-order valence-electron chi connectivity index (χ4n) is 1.15. The van der Waals surface area contributed by atoms with Crippen molar-refractivity contribution in [1.82, 2.24) is 4.98 Å². The molecule has 0 aliphatic heterocycles. The lowest BCUT2D eigenvalue weighted by Crippen LogP contribution is -1.92. The first-order valence-corrected chi connectivity index (χ1v) is 5.81. The molecule has 1 nitrogen and oxygen atoms in total. The fraction of sp³-hybridized carbons (Fsp3) is 0.100. The molecule has 2 rings (SSSR count). The number of halogens is 2. The summed E-state index contributed by atoms with van der Waals surface area (Å²) in [5, 5.41) is 2.49. The molecule has 0 radical (unpaired) electrons. The molecule has 14 heavy (non-hydrogen) atoms. The van der Waals surface area contributed by atoms with Crippen molar-refractivity contribution in [3.63, 3.8) is 0 Å². The van der Waals surface area contributed by atoms with Crippen molar-refractivity contribution < 1.29 is 0 Å². The molecule has 0 amide bonds. The highest BCUT2D eigenvalue weighted by Crippen LogP contribution is 2.28. The zero-order valence-electron chi connectivity index (χ0n) is 7.15. The summed E-state index contributed by atoms with van der Waals surface area (Å²) < 4.78 is 0. The number of hydrogen-bond donors (Lipinski definition) is 0. The summed E-state index contributed by atoms with van der Waals surface area (Å²) in [6.07, 6.45) is 0. The van der Waals surface area contributed by atoms with E-state index < -0.39 is 0 Å². The van der Waals surface area contributed by atoms with E-state index in [2.05, 4.69) is 4.98 Å².